The van der Waals surface area contributed by atoms with Gasteiger partial charge in [-0.15, -0.1) is 12.6 Å². The molecule has 0 fully saturated rings. The average Bonchev–Trinajstić information content (AvgIpc) is 2.38. The predicted molar refractivity (Wildman–Crippen MR) is 58.9 cm³/mol. The van der Waals surface area contributed by atoms with Crippen molar-refractivity contribution in [1.82, 2.24) is 10.0 Å². The third kappa shape index (κ3) is 1.92. The number of hydrogen-bond donors (Lipinski definition) is 1. The van der Waals surface area contributed by atoms with Crippen LogP contribution in [-0.2, 0) is 0 Å². The molecule has 70 valence electrons. The van der Waals surface area contributed by atoms with Crippen molar-refractivity contribution in [3.63, 3.8) is 0 Å². The lowest BCUT2D eigenvalue weighted by atomic mass is 10.5. The topological polar surface area (TPSA) is 6.48 Å². The van der Waals surface area contributed by atoms with Gasteiger partial charge in [0.1, 0.15) is 4.71 Å². The molecule has 0 amide bonds. The van der Waals surface area contributed by atoms with Gasteiger partial charge in [-0.05, 0) is 12.3 Å². The highest BCUT2D eigenvalue weighted by atomic mass is 32.2. The van der Waals surface area contributed by atoms with E-state index in [-0.39, 0.29) is 4.71 Å². The molecule has 0 aromatic heterocycles. The molecule has 0 bridgehead atoms. The molecule has 0 N–H and O–H groups in total. The third-order valence-corrected chi connectivity index (χ3v) is 3.47. The van der Waals surface area contributed by atoms with Crippen molar-refractivity contribution in [2.75, 3.05) is 13.1 Å². The van der Waals surface area contributed by atoms with E-state index in [4.69, 9.17) is 0 Å². The molecule has 0 aliphatic carbocycles. The van der Waals surface area contributed by atoms with E-state index in [1.54, 1.807) is 11.8 Å². The van der Waals surface area contributed by atoms with Gasteiger partial charge in [-0.2, -0.15) is 0 Å². The van der Waals surface area contributed by atoms with Crippen LogP contribution < -0.4 is 0 Å². The van der Waals surface area contributed by atoms with Crippen LogP contribution in [0.5, 0.6) is 0 Å². The minimum atomic E-state index is 0.268. The molecule has 4 heteroatoms. The summed E-state index contributed by atoms with van der Waals surface area (Å²) in [5.41, 5.74) is 1.30. The van der Waals surface area contributed by atoms with E-state index in [1.807, 2.05) is 0 Å². The van der Waals surface area contributed by atoms with E-state index >= 15 is 0 Å². The molecule has 0 saturated carbocycles. The molecule has 1 unspecified atom stereocenters. The Labute approximate surface area is 84.4 Å². The standard InChI is InChI=1S/C8H16N2S2/c1-4-9(5-2)10-7(3)6-12-8(10)11/h6,8,11H,4-5H2,1-3H3. The van der Waals surface area contributed by atoms with E-state index in [0.29, 0.717) is 0 Å². The Balaban J connectivity index is 2.64. The van der Waals surface area contributed by atoms with Gasteiger partial charge in [0.2, 0.25) is 0 Å². The Morgan fingerprint density at radius 1 is 1.58 bits per heavy atom. The second kappa shape index (κ2) is 4.44. The lowest BCUT2D eigenvalue weighted by Gasteiger charge is -2.35. The predicted octanol–water partition coefficient (Wildman–Crippen LogP) is 2.37. The Hall–Kier alpha value is 0.200. The molecular weight excluding hydrogens is 188 g/mol. The van der Waals surface area contributed by atoms with Gasteiger partial charge < -0.3 is 0 Å². The summed E-state index contributed by atoms with van der Waals surface area (Å²) in [5, 5.41) is 6.70. The van der Waals surface area contributed by atoms with E-state index in [2.05, 4.69) is 48.8 Å². The molecule has 0 aromatic carbocycles. The zero-order valence-electron chi connectivity index (χ0n) is 7.82. The van der Waals surface area contributed by atoms with Crippen LogP contribution in [-0.4, -0.2) is 27.8 Å². The monoisotopic (exact) mass is 204 g/mol. The van der Waals surface area contributed by atoms with Gasteiger partial charge >= 0.3 is 0 Å². The number of nitrogens with zero attached hydrogens (tertiary/aromatic N) is 2. The minimum Gasteiger partial charge on any atom is -0.287 e. The Bertz CT molecular complexity index is 178. The van der Waals surface area contributed by atoms with Crippen molar-refractivity contribution in [3.8, 4) is 0 Å². The smallest absolute Gasteiger partial charge is 0.137 e. The Morgan fingerprint density at radius 3 is 2.50 bits per heavy atom. The summed E-state index contributed by atoms with van der Waals surface area (Å²) in [6.07, 6.45) is 0. The normalized spacial score (nSPS) is 23.6. The number of thioether (sulfide) groups is 1. The molecule has 2 nitrogen and oxygen atoms in total. The van der Waals surface area contributed by atoms with Crippen LogP contribution >= 0.6 is 24.4 Å². The van der Waals surface area contributed by atoms with Crippen LogP contribution in [0.1, 0.15) is 20.8 Å². The maximum absolute atomic E-state index is 4.49. The summed E-state index contributed by atoms with van der Waals surface area (Å²) in [6.45, 7) is 8.54. The number of allylic oxidation sites excluding steroid dienone is 1. The summed E-state index contributed by atoms with van der Waals surface area (Å²) < 4.78 is 0.268. The molecule has 12 heavy (non-hydrogen) atoms. The van der Waals surface area contributed by atoms with Crippen molar-refractivity contribution in [2.24, 2.45) is 0 Å². The molecule has 1 atom stereocenters. The quantitative estimate of drug-likeness (QED) is 0.706. The maximum atomic E-state index is 4.49. The lowest BCUT2D eigenvalue weighted by Crippen LogP contribution is -2.42. The van der Waals surface area contributed by atoms with Gasteiger partial charge in [-0.25, -0.2) is 5.01 Å². The number of hydrogen-bond acceptors (Lipinski definition) is 4. The first-order chi connectivity index (χ1) is 5.70. The van der Waals surface area contributed by atoms with E-state index in [9.17, 15) is 0 Å². The van der Waals surface area contributed by atoms with Gasteiger partial charge in [0.15, 0.2) is 0 Å². The molecule has 0 radical (unpaired) electrons. The van der Waals surface area contributed by atoms with Gasteiger partial charge in [0.05, 0.1) is 0 Å². The van der Waals surface area contributed by atoms with Crippen molar-refractivity contribution in [2.45, 2.75) is 25.5 Å². The highest BCUT2D eigenvalue weighted by Gasteiger charge is 2.24. The van der Waals surface area contributed by atoms with Crippen molar-refractivity contribution in [3.05, 3.63) is 11.1 Å². The fraction of sp³-hybridized carbons (Fsp3) is 0.750. The molecule has 0 saturated heterocycles. The molecule has 1 heterocycles. The third-order valence-electron chi connectivity index (χ3n) is 1.97. The van der Waals surface area contributed by atoms with Gasteiger partial charge in [0, 0.05) is 18.8 Å². The van der Waals surface area contributed by atoms with Crippen LogP contribution in [0.15, 0.2) is 11.1 Å². The summed E-state index contributed by atoms with van der Waals surface area (Å²) in [7, 11) is 0. The molecule has 1 aliphatic rings. The maximum Gasteiger partial charge on any atom is 0.137 e. The highest BCUT2D eigenvalue weighted by molar-refractivity contribution is 8.12. The van der Waals surface area contributed by atoms with Gasteiger partial charge in [-0.1, -0.05) is 25.6 Å². The first-order valence-corrected chi connectivity index (χ1v) is 5.71. The minimum absolute atomic E-state index is 0.268. The number of thiol groups is 1. The first-order valence-electron chi connectivity index (χ1n) is 4.25. The summed E-state index contributed by atoms with van der Waals surface area (Å²) in [5.74, 6) is 0. The number of rotatable bonds is 3. The van der Waals surface area contributed by atoms with Crippen LogP contribution in [0.3, 0.4) is 0 Å². The SMILES string of the molecule is CCN(CC)N1C(C)=CSC1S. The second-order valence-corrected chi connectivity index (χ2v) is 4.50. The highest BCUT2D eigenvalue weighted by Crippen LogP contribution is 2.33. The van der Waals surface area contributed by atoms with Crippen molar-refractivity contribution < 1.29 is 0 Å². The zero-order valence-corrected chi connectivity index (χ0v) is 9.53. The van der Waals surface area contributed by atoms with Crippen LogP contribution in [0.2, 0.25) is 0 Å². The number of hydrazine groups is 1. The van der Waals surface area contributed by atoms with E-state index in [0.717, 1.165) is 13.1 Å². The fourth-order valence-electron chi connectivity index (χ4n) is 1.34. The summed E-state index contributed by atoms with van der Waals surface area (Å²) in [4.78, 5) is 0. The lowest BCUT2D eigenvalue weighted by molar-refractivity contribution is 0.0337. The van der Waals surface area contributed by atoms with Gasteiger partial charge in [-0.3, -0.25) is 5.01 Å². The van der Waals surface area contributed by atoms with Crippen LogP contribution in [0, 0.1) is 0 Å². The molecule has 1 aliphatic heterocycles. The Morgan fingerprint density at radius 2 is 2.17 bits per heavy atom. The molecule has 0 spiro atoms. The van der Waals surface area contributed by atoms with Crippen LogP contribution in [0.4, 0.5) is 0 Å². The summed E-state index contributed by atoms with van der Waals surface area (Å²) >= 11 is 6.25. The van der Waals surface area contributed by atoms with Crippen LogP contribution in [0.25, 0.3) is 0 Å². The van der Waals surface area contributed by atoms with E-state index in [1.165, 1.54) is 5.70 Å². The molecule has 1 rings (SSSR count). The first kappa shape index (κ1) is 10.3. The Kier molecular flexibility index (Phi) is 3.80. The van der Waals surface area contributed by atoms with E-state index < -0.39 is 0 Å². The second-order valence-electron chi connectivity index (χ2n) is 2.71. The molecule has 0 aromatic rings. The van der Waals surface area contributed by atoms with Crippen molar-refractivity contribution in [1.29, 1.82) is 0 Å². The fourth-order valence-corrected chi connectivity index (χ4v) is 2.69. The van der Waals surface area contributed by atoms with Gasteiger partial charge in [0.25, 0.3) is 0 Å². The largest absolute Gasteiger partial charge is 0.287 e. The average molecular weight is 204 g/mol. The van der Waals surface area contributed by atoms with Crippen molar-refractivity contribution >= 4 is 24.4 Å². The summed E-state index contributed by atoms with van der Waals surface area (Å²) in [6, 6.07) is 0. The molecular formula is C8H16N2S2. The zero-order chi connectivity index (χ0) is 9.14.